The van der Waals surface area contributed by atoms with E-state index in [-0.39, 0.29) is 24.5 Å². The SMILES string of the molecule is CCOCC(=O)N1Cc2ccnn2C(CC(=O)NCc2cccs2)C1. The Morgan fingerprint density at radius 2 is 2.32 bits per heavy atom. The minimum atomic E-state index is -0.160. The van der Waals surface area contributed by atoms with Crippen molar-refractivity contribution in [2.24, 2.45) is 0 Å². The molecule has 0 fully saturated rings. The van der Waals surface area contributed by atoms with E-state index in [1.54, 1.807) is 22.4 Å². The number of hydrogen-bond acceptors (Lipinski definition) is 5. The van der Waals surface area contributed by atoms with Crippen LogP contribution in [-0.4, -0.2) is 46.3 Å². The number of nitrogens with zero attached hydrogens (tertiary/aromatic N) is 3. The summed E-state index contributed by atoms with van der Waals surface area (Å²) < 4.78 is 7.08. The second kappa shape index (κ2) is 8.26. The van der Waals surface area contributed by atoms with E-state index in [0.29, 0.717) is 32.7 Å². The van der Waals surface area contributed by atoms with Gasteiger partial charge in [-0.2, -0.15) is 5.10 Å². The van der Waals surface area contributed by atoms with Gasteiger partial charge in [0.25, 0.3) is 0 Å². The number of carbonyl (C=O) groups excluding carboxylic acids is 2. The van der Waals surface area contributed by atoms with E-state index in [4.69, 9.17) is 4.74 Å². The van der Waals surface area contributed by atoms with Crippen LogP contribution >= 0.6 is 11.3 Å². The summed E-state index contributed by atoms with van der Waals surface area (Å²) in [5.41, 5.74) is 0.937. The predicted molar refractivity (Wildman–Crippen MR) is 94.0 cm³/mol. The Bertz CT molecular complexity index is 713. The van der Waals surface area contributed by atoms with Gasteiger partial charge < -0.3 is 15.0 Å². The topological polar surface area (TPSA) is 76.5 Å². The normalized spacial score (nSPS) is 16.5. The lowest BCUT2D eigenvalue weighted by atomic mass is 10.1. The summed E-state index contributed by atoms with van der Waals surface area (Å²) in [6.07, 6.45) is 2.00. The zero-order chi connectivity index (χ0) is 17.6. The Labute approximate surface area is 150 Å². The molecule has 1 aliphatic rings. The summed E-state index contributed by atoms with van der Waals surface area (Å²) in [5.74, 6) is -0.0998. The molecule has 0 bridgehead atoms. The molecule has 0 radical (unpaired) electrons. The van der Waals surface area contributed by atoms with Crippen LogP contribution in [0.15, 0.2) is 29.8 Å². The van der Waals surface area contributed by atoms with Gasteiger partial charge in [-0.1, -0.05) is 6.07 Å². The summed E-state index contributed by atoms with van der Waals surface area (Å²) >= 11 is 1.61. The Balaban J connectivity index is 1.61. The van der Waals surface area contributed by atoms with E-state index < -0.39 is 0 Å². The number of ether oxygens (including phenoxy) is 1. The molecule has 2 amide bonds. The molecular formula is C17H22N4O3S. The Kier molecular flexibility index (Phi) is 5.83. The first-order chi connectivity index (χ1) is 12.2. The van der Waals surface area contributed by atoms with Crippen LogP contribution in [0, 0.1) is 0 Å². The fraction of sp³-hybridized carbons (Fsp3) is 0.471. The van der Waals surface area contributed by atoms with Gasteiger partial charge in [0, 0.05) is 24.2 Å². The van der Waals surface area contributed by atoms with E-state index in [9.17, 15) is 9.59 Å². The first-order valence-corrected chi connectivity index (χ1v) is 9.22. The molecule has 0 spiro atoms. The third-order valence-electron chi connectivity index (χ3n) is 4.13. The first kappa shape index (κ1) is 17.6. The van der Waals surface area contributed by atoms with Gasteiger partial charge in [0.2, 0.25) is 11.8 Å². The van der Waals surface area contributed by atoms with E-state index in [0.717, 1.165) is 10.6 Å². The highest BCUT2D eigenvalue weighted by molar-refractivity contribution is 7.09. The van der Waals surface area contributed by atoms with Gasteiger partial charge in [0.05, 0.1) is 31.2 Å². The highest BCUT2D eigenvalue weighted by Crippen LogP contribution is 2.23. The van der Waals surface area contributed by atoms with Gasteiger partial charge in [0.1, 0.15) is 6.61 Å². The molecule has 134 valence electrons. The van der Waals surface area contributed by atoms with Crippen molar-refractivity contribution in [1.82, 2.24) is 20.0 Å². The monoisotopic (exact) mass is 362 g/mol. The fourth-order valence-corrected chi connectivity index (χ4v) is 3.54. The largest absolute Gasteiger partial charge is 0.372 e. The number of carbonyl (C=O) groups is 2. The molecule has 3 heterocycles. The molecule has 8 heteroatoms. The number of aromatic nitrogens is 2. The molecule has 1 N–H and O–H groups in total. The van der Waals surface area contributed by atoms with Crippen LogP contribution in [-0.2, 0) is 27.4 Å². The van der Waals surface area contributed by atoms with E-state index in [1.807, 2.05) is 35.2 Å². The van der Waals surface area contributed by atoms with Crippen molar-refractivity contribution in [2.45, 2.75) is 32.5 Å². The number of thiophene rings is 1. The average molecular weight is 362 g/mol. The van der Waals surface area contributed by atoms with Crippen molar-refractivity contribution >= 4 is 23.2 Å². The van der Waals surface area contributed by atoms with Gasteiger partial charge in [-0.15, -0.1) is 11.3 Å². The predicted octanol–water partition coefficient (Wildman–Crippen LogP) is 1.57. The quantitative estimate of drug-likeness (QED) is 0.811. The van der Waals surface area contributed by atoms with Gasteiger partial charge >= 0.3 is 0 Å². The van der Waals surface area contributed by atoms with Crippen molar-refractivity contribution in [3.05, 3.63) is 40.3 Å². The van der Waals surface area contributed by atoms with Crippen LogP contribution in [0.25, 0.3) is 0 Å². The van der Waals surface area contributed by atoms with E-state index in [2.05, 4.69) is 10.4 Å². The minimum Gasteiger partial charge on any atom is -0.372 e. The molecule has 1 aliphatic heterocycles. The highest BCUT2D eigenvalue weighted by Gasteiger charge is 2.29. The zero-order valence-electron chi connectivity index (χ0n) is 14.2. The van der Waals surface area contributed by atoms with Gasteiger partial charge in [-0.25, -0.2) is 0 Å². The summed E-state index contributed by atoms with van der Waals surface area (Å²) in [4.78, 5) is 27.4. The maximum Gasteiger partial charge on any atom is 0.248 e. The average Bonchev–Trinajstić information content (AvgIpc) is 3.29. The lowest BCUT2D eigenvalue weighted by Crippen LogP contribution is -2.44. The number of hydrogen-bond donors (Lipinski definition) is 1. The van der Waals surface area contributed by atoms with Crippen LogP contribution in [0.2, 0.25) is 0 Å². The molecule has 0 saturated heterocycles. The van der Waals surface area contributed by atoms with Crippen molar-refractivity contribution in [3.8, 4) is 0 Å². The van der Waals surface area contributed by atoms with Crippen LogP contribution in [0.3, 0.4) is 0 Å². The number of amides is 2. The molecule has 0 aromatic carbocycles. The zero-order valence-corrected chi connectivity index (χ0v) is 15.0. The number of nitrogens with one attached hydrogen (secondary N) is 1. The van der Waals surface area contributed by atoms with Gasteiger partial charge in [0.15, 0.2) is 0 Å². The van der Waals surface area contributed by atoms with Gasteiger partial charge in [-0.3, -0.25) is 14.3 Å². The lowest BCUT2D eigenvalue weighted by molar-refractivity contribution is -0.138. The maximum atomic E-state index is 12.3. The highest BCUT2D eigenvalue weighted by atomic mass is 32.1. The summed E-state index contributed by atoms with van der Waals surface area (Å²) in [6.45, 7) is 3.93. The van der Waals surface area contributed by atoms with E-state index in [1.165, 1.54) is 0 Å². The molecule has 1 atom stereocenters. The van der Waals surface area contributed by atoms with Crippen molar-refractivity contribution in [2.75, 3.05) is 19.8 Å². The third kappa shape index (κ3) is 4.46. The standard InChI is InChI=1S/C17H22N4O3S/c1-2-24-12-17(23)20-10-13-5-6-19-21(13)14(11-20)8-16(22)18-9-15-4-3-7-25-15/h3-7,14H,2,8-12H2,1H3,(H,18,22). The summed E-state index contributed by atoms with van der Waals surface area (Å²) in [5, 5.41) is 9.25. The smallest absolute Gasteiger partial charge is 0.248 e. The van der Waals surface area contributed by atoms with Crippen LogP contribution in [0.1, 0.15) is 30.0 Å². The van der Waals surface area contributed by atoms with Crippen molar-refractivity contribution in [1.29, 1.82) is 0 Å². The van der Waals surface area contributed by atoms with Gasteiger partial charge in [-0.05, 0) is 24.4 Å². The van der Waals surface area contributed by atoms with Crippen LogP contribution in [0.4, 0.5) is 0 Å². The molecule has 1 unspecified atom stereocenters. The molecular weight excluding hydrogens is 340 g/mol. The first-order valence-electron chi connectivity index (χ1n) is 8.34. The fourth-order valence-electron chi connectivity index (χ4n) is 2.89. The minimum absolute atomic E-state index is 0.0426. The molecule has 0 aliphatic carbocycles. The Morgan fingerprint density at radius 3 is 3.08 bits per heavy atom. The maximum absolute atomic E-state index is 12.3. The van der Waals surface area contributed by atoms with Crippen molar-refractivity contribution < 1.29 is 14.3 Å². The molecule has 3 rings (SSSR count). The third-order valence-corrected chi connectivity index (χ3v) is 5.00. The second-order valence-corrected chi connectivity index (χ2v) is 6.92. The second-order valence-electron chi connectivity index (χ2n) is 5.89. The number of fused-ring (bicyclic) bond motifs is 1. The Morgan fingerprint density at radius 1 is 1.44 bits per heavy atom. The van der Waals surface area contributed by atoms with Crippen LogP contribution < -0.4 is 5.32 Å². The molecule has 25 heavy (non-hydrogen) atoms. The van der Waals surface area contributed by atoms with E-state index >= 15 is 0 Å². The Hall–Kier alpha value is -2.19. The lowest BCUT2D eigenvalue weighted by Gasteiger charge is -2.33. The molecule has 2 aromatic heterocycles. The summed E-state index contributed by atoms with van der Waals surface area (Å²) in [6, 6.07) is 5.68. The van der Waals surface area contributed by atoms with Crippen molar-refractivity contribution in [3.63, 3.8) is 0 Å². The molecule has 0 saturated carbocycles. The molecule has 2 aromatic rings. The van der Waals surface area contributed by atoms with Crippen LogP contribution in [0.5, 0.6) is 0 Å². The summed E-state index contributed by atoms with van der Waals surface area (Å²) in [7, 11) is 0. The molecule has 7 nitrogen and oxygen atoms in total. The number of rotatable bonds is 7.